The Labute approximate surface area is 202 Å². The second-order valence-electron chi connectivity index (χ2n) is 7.48. The van der Waals surface area contributed by atoms with Crippen molar-refractivity contribution in [1.82, 2.24) is 20.1 Å². The third-order valence-corrected chi connectivity index (χ3v) is 7.06. The molecule has 0 aliphatic heterocycles. The number of carbonyl (C=O) groups is 1. The minimum Gasteiger partial charge on any atom is -0.497 e. The van der Waals surface area contributed by atoms with Crippen LogP contribution in [0.2, 0.25) is 0 Å². The summed E-state index contributed by atoms with van der Waals surface area (Å²) < 4.78 is 7.08. The van der Waals surface area contributed by atoms with E-state index in [9.17, 15) is 4.79 Å². The Morgan fingerprint density at radius 3 is 2.61 bits per heavy atom. The molecule has 1 unspecified atom stereocenters. The highest BCUT2D eigenvalue weighted by atomic mass is 32.2. The van der Waals surface area contributed by atoms with E-state index in [0.29, 0.717) is 5.16 Å². The third kappa shape index (κ3) is 5.83. The molecule has 0 aliphatic carbocycles. The van der Waals surface area contributed by atoms with Gasteiger partial charge in [-0.15, -0.1) is 21.5 Å². The second-order valence-corrected chi connectivity index (χ2v) is 9.40. The highest BCUT2D eigenvalue weighted by Gasteiger charge is 2.19. The topological polar surface area (TPSA) is 69.0 Å². The molecule has 2 aromatic carbocycles. The molecule has 0 fully saturated rings. The van der Waals surface area contributed by atoms with Crippen LogP contribution in [-0.4, -0.2) is 33.5 Å². The smallest absolute Gasteiger partial charge is 0.231 e. The van der Waals surface area contributed by atoms with E-state index in [1.54, 1.807) is 24.8 Å². The zero-order valence-electron chi connectivity index (χ0n) is 18.6. The molecule has 0 saturated carbocycles. The minimum atomic E-state index is -0.173. The van der Waals surface area contributed by atoms with Gasteiger partial charge in [-0.3, -0.25) is 9.36 Å². The zero-order valence-corrected chi connectivity index (χ0v) is 20.2. The van der Waals surface area contributed by atoms with Crippen LogP contribution in [0.25, 0.3) is 5.69 Å². The summed E-state index contributed by atoms with van der Waals surface area (Å²) in [6, 6.07) is 20.1. The van der Waals surface area contributed by atoms with E-state index in [1.807, 2.05) is 40.3 Å². The van der Waals surface area contributed by atoms with Gasteiger partial charge in [0.25, 0.3) is 0 Å². The van der Waals surface area contributed by atoms with Gasteiger partial charge in [0.05, 0.1) is 18.9 Å². The Balaban J connectivity index is 1.44. The normalized spacial score (nSPS) is 11.8. The Kier molecular flexibility index (Phi) is 7.80. The van der Waals surface area contributed by atoms with E-state index in [2.05, 4.69) is 52.8 Å². The number of hydrogen-bond donors (Lipinski definition) is 1. The summed E-state index contributed by atoms with van der Waals surface area (Å²) in [6.45, 7) is 2.18. The monoisotopic (exact) mass is 478 g/mol. The summed E-state index contributed by atoms with van der Waals surface area (Å²) in [4.78, 5) is 14.0. The molecule has 6 nitrogen and oxygen atoms in total. The van der Waals surface area contributed by atoms with Crippen molar-refractivity contribution in [2.75, 3.05) is 12.9 Å². The Bertz CT molecular complexity index is 1160. The van der Waals surface area contributed by atoms with Crippen LogP contribution >= 0.6 is 23.1 Å². The molecule has 1 atom stereocenters. The van der Waals surface area contributed by atoms with E-state index in [1.165, 1.54) is 17.3 Å². The summed E-state index contributed by atoms with van der Waals surface area (Å²) in [7, 11) is 1.64. The predicted molar refractivity (Wildman–Crippen MR) is 133 cm³/mol. The van der Waals surface area contributed by atoms with Crippen LogP contribution in [0.4, 0.5) is 0 Å². The fourth-order valence-corrected chi connectivity index (χ4v) is 5.06. The fourth-order valence-electron chi connectivity index (χ4n) is 3.52. The summed E-state index contributed by atoms with van der Waals surface area (Å²) in [6.07, 6.45) is 3.82. The molecule has 0 radical (unpaired) electrons. The van der Waals surface area contributed by atoms with Crippen molar-refractivity contribution >= 4 is 29.0 Å². The largest absolute Gasteiger partial charge is 0.497 e. The molecule has 4 rings (SSSR count). The molecule has 0 aliphatic rings. The van der Waals surface area contributed by atoms with Crippen LogP contribution in [0.5, 0.6) is 5.75 Å². The molecule has 2 aromatic heterocycles. The number of rotatable bonds is 10. The summed E-state index contributed by atoms with van der Waals surface area (Å²) in [5, 5.41) is 14.1. The lowest BCUT2D eigenvalue weighted by Crippen LogP contribution is -2.30. The van der Waals surface area contributed by atoms with Crippen LogP contribution in [0.1, 0.15) is 35.4 Å². The SMILES string of the molecule is CCCc1ccc(C(NC(=O)CSc2nncn2-c2ccc(OC)cc2)c2cccs2)cc1. The van der Waals surface area contributed by atoms with Gasteiger partial charge >= 0.3 is 0 Å². The maximum absolute atomic E-state index is 12.9. The van der Waals surface area contributed by atoms with Crippen molar-refractivity contribution in [3.8, 4) is 11.4 Å². The van der Waals surface area contributed by atoms with Crippen molar-refractivity contribution in [3.05, 3.63) is 88.4 Å². The molecule has 33 heavy (non-hydrogen) atoms. The maximum atomic E-state index is 12.9. The fraction of sp³-hybridized carbons (Fsp3) is 0.240. The Morgan fingerprint density at radius 1 is 1.15 bits per heavy atom. The average molecular weight is 479 g/mol. The number of nitrogens with one attached hydrogen (secondary N) is 1. The number of ether oxygens (including phenoxy) is 1. The highest BCUT2D eigenvalue weighted by Crippen LogP contribution is 2.27. The van der Waals surface area contributed by atoms with E-state index < -0.39 is 0 Å². The van der Waals surface area contributed by atoms with E-state index in [0.717, 1.165) is 34.7 Å². The van der Waals surface area contributed by atoms with Gasteiger partial charge in [-0.25, -0.2) is 0 Å². The van der Waals surface area contributed by atoms with Gasteiger partial charge in [0.1, 0.15) is 12.1 Å². The molecule has 0 spiro atoms. The number of thiophene rings is 1. The molecule has 2 heterocycles. The van der Waals surface area contributed by atoms with Gasteiger partial charge in [0.2, 0.25) is 5.91 Å². The van der Waals surface area contributed by atoms with Crippen molar-refractivity contribution < 1.29 is 9.53 Å². The van der Waals surface area contributed by atoms with Crippen molar-refractivity contribution in [3.63, 3.8) is 0 Å². The molecule has 170 valence electrons. The lowest BCUT2D eigenvalue weighted by molar-refractivity contribution is -0.119. The van der Waals surface area contributed by atoms with Crippen LogP contribution in [0.3, 0.4) is 0 Å². The molecule has 4 aromatic rings. The van der Waals surface area contributed by atoms with E-state index in [-0.39, 0.29) is 17.7 Å². The Morgan fingerprint density at radius 2 is 1.94 bits per heavy atom. The van der Waals surface area contributed by atoms with Gasteiger partial charge in [-0.05, 0) is 53.3 Å². The minimum absolute atomic E-state index is 0.0553. The van der Waals surface area contributed by atoms with E-state index in [4.69, 9.17) is 4.74 Å². The molecule has 0 bridgehead atoms. The molecule has 8 heteroatoms. The van der Waals surface area contributed by atoms with Gasteiger partial charge in [-0.2, -0.15) is 0 Å². The standard InChI is InChI=1S/C25H26N4O2S2/c1-3-5-18-7-9-19(10-8-18)24(22-6-4-15-32-22)27-23(30)16-33-25-28-26-17-29(25)20-11-13-21(31-2)14-12-20/h4,6-15,17,24H,3,5,16H2,1-2H3,(H,27,30). The van der Waals surface area contributed by atoms with Gasteiger partial charge in [0, 0.05) is 10.6 Å². The van der Waals surface area contributed by atoms with Crippen molar-refractivity contribution in [1.29, 1.82) is 0 Å². The highest BCUT2D eigenvalue weighted by molar-refractivity contribution is 7.99. The number of thioether (sulfide) groups is 1. The average Bonchev–Trinajstić information content (AvgIpc) is 3.55. The van der Waals surface area contributed by atoms with Gasteiger partial charge < -0.3 is 10.1 Å². The number of methoxy groups -OCH3 is 1. The van der Waals surface area contributed by atoms with Crippen LogP contribution in [0, 0.1) is 0 Å². The van der Waals surface area contributed by atoms with Crippen LogP contribution in [0.15, 0.2) is 77.5 Å². The summed E-state index contributed by atoms with van der Waals surface area (Å²) in [5.74, 6) is 0.966. The first-order valence-electron chi connectivity index (χ1n) is 10.8. The lowest BCUT2D eigenvalue weighted by atomic mass is 10.0. The van der Waals surface area contributed by atoms with E-state index >= 15 is 0 Å². The number of carbonyl (C=O) groups excluding carboxylic acids is 1. The number of aryl methyl sites for hydroxylation is 1. The zero-order chi connectivity index (χ0) is 23.0. The quantitative estimate of drug-likeness (QED) is 0.314. The summed E-state index contributed by atoms with van der Waals surface area (Å²) in [5.41, 5.74) is 3.30. The van der Waals surface area contributed by atoms with Gasteiger partial charge in [-0.1, -0.05) is 55.4 Å². The number of benzene rings is 2. The first kappa shape index (κ1) is 23.1. The van der Waals surface area contributed by atoms with Crippen LogP contribution in [-0.2, 0) is 11.2 Å². The Hall–Kier alpha value is -3.10. The first-order valence-corrected chi connectivity index (χ1v) is 12.6. The molecule has 1 N–H and O–H groups in total. The molecule has 1 amide bonds. The number of hydrogen-bond acceptors (Lipinski definition) is 6. The molecular formula is C25H26N4O2S2. The first-order chi connectivity index (χ1) is 16.2. The molecular weight excluding hydrogens is 452 g/mol. The number of nitrogens with zero attached hydrogens (tertiary/aromatic N) is 3. The number of amides is 1. The maximum Gasteiger partial charge on any atom is 0.231 e. The molecule has 0 saturated heterocycles. The summed E-state index contributed by atoms with van der Waals surface area (Å²) >= 11 is 3.00. The second kappa shape index (κ2) is 11.2. The van der Waals surface area contributed by atoms with Crippen LogP contribution < -0.4 is 10.1 Å². The van der Waals surface area contributed by atoms with Gasteiger partial charge in [0.15, 0.2) is 5.16 Å². The number of aromatic nitrogens is 3. The lowest BCUT2D eigenvalue weighted by Gasteiger charge is -2.18. The van der Waals surface area contributed by atoms with Crippen molar-refractivity contribution in [2.24, 2.45) is 0 Å². The predicted octanol–water partition coefficient (Wildman–Crippen LogP) is 5.29. The third-order valence-electron chi connectivity index (χ3n) is 5.18. The van der Waals surface area contributed by atoms with Crippen molar-refractivity contribution in [2.45, 2.75) is 31.0 Å².